The average Bonchev–Trinajstić information content (AvgIpc) is 2.80. The van der Waals surface area contributed by atoms with Crippen molar-refractivity contribution in [1.82, 2.24) is 10.2 Å². The number of carbonyl (C=O) groups is 4. The van der Waals surface area contributed by atoms with Crippen LogP contribution in [0.25, 0.3) is 0 Å². The molecule has 0 aliphatic rings. The molecule has 10 heteroatoms. The van der Waals surface area contributed by atoms with E-state index < -0.39 is 30.0 Å². The van der Waals surface area contributed by atoms with Crippen LogP contribution in [-0.2, 0) is 39.9 Å². The Morgan fingerprint density at radius 3 is 2.06 bits per heavy atom. The molecule has 0 aliphatic carbocycles. The van der Waals surface area contributed by atoms with Crippen molar-refractivity contribution < 1.29 is 38.1 Å². The van der Waals surface area contributed by atoms with Crippen molar-refractivity contribution >= 4 is 24.0 Å². The van der Waals surface area contributed by atoms with E-state index >= 15 is 0 Å². The normalized spacial score (nSPS) is 11.4. The number of esters is 3. The lowest BCUT2D eigenvalue weighted by atomic mass is 10.1. The van der Waals surface area contributed by atoms with Crippen LogP contribution in [0.5, 0.6) is 0 Å². The SMILES string of the molecule is CCOC(=O)CN(CC(=O)OCC)[C@@H](CCCCNC(=O)OCc1ccccc1)C(=O)OC. The molecule has 33 heavy (non-hydrogen) atoms. The standard InChI is InChI=1S/C23H34N2O8/c1-4-31-20(26)15-25(16-21(27)32-5-2)19(22(28)30-3)13-9-10-14-24-23(29)33-17-18-11-7-6-8-12-18/h6-8,11-12,19H,4-5,9-10,13-17H2,1-3H3,(H,24,29)/t19-/m0/s1. The van der Waals surface area contributed by atoms with E-state index in [1.54, 1.807) is 13.8 Å². The van der Waals surface area contributed by atoms with E-state index in [-0.39, 0.29) is 32.9 Å². The van der Waals surface area contributed by atoms with E-state index in [2.05, 4.69) is 5.32 Å². The van der Waals surface area contributed by atoms with Crippen LogP contribution in [0.1, 0.15) is 38.7 Å². The van der Waals surface area contributed by atoms with E-state index in [1.807, 2.05) is 30.3 Å². The van der Waals surface area contributed by atoms with Gasteiger partial charge < -0.3 is 24.3 Å². The largest absolute Gasteiger partial charge is 0.468 e. The van der Waals surface area contributed by atoms with E-state index in [4.69, 9.17) is 18.9 Å². The number of carbonyl (C=O) groups excluding carboxylic acids is 4. The van der Waals surface area contributed by atoms with Crippen molar-refractivity contribution in [2.24, 2.45) is 0 Å². The van der Waals surface area contributed by atoms with Gasteiger partial charge in [0.2, 0.25) is 0 Å². The Labute approximate surface area is 194 Å². The molecule has 0 fully saturated rings. The average molecular weight is 467 g/mol. The third-order valence-corrected chi connectivity index (χ3v) is 4.58. The third kappa shape index (κ3) is 11.9. The van der Waals surface area contributed by atoms with E-state index in [0.717, 1.165) is 5.56 Å². The molecule has 0 spiro atoms. The van der Waals surface area contributed by atoms with Gasteiger partial charge in [0.1, 0.15) is 12.6 Å². The van der Waals surface area contributed by atoms with Gasteiger partial charge in [-0.05, 0) is 38.7 Å². The second kappa shape index (κ2) is 16.5. The highest BCUT2D eigenvalue weighted by atomic mass is 16.6. The minimum Gasteiger partial charge on any atom is -0.468 e. The zero-order chi connectivity index (χ0) is 24.5. The fourth-order valence-corrected chi connectivity index (χ4v) is 3.03. The molecule has 1 N–H and O–H groups in total. The van der Waals surface area contributed by atoms with Crippen LogP contribution in [0.3, 0.4) is 0 Å². The molecule has 0 heterocycles. The summed E-state index contributed by atoms with van der Waals surface area (Å²) in [6.45, 7) is 3.71. The van der Waals surface area contributed by atoms with Crippen molar-refractivity contribution in [3.8, 4) is 0 Å². The monoisotopic (exact) mass is 466 g/mol. The summed E-state index contributed by atoms with van der Waals surface area (Å²) in [6, 6.07) is 8.49. The molecule has 1 atom stereocenters. The molecule has 0 bridgehead atoms. The number of rotatable bonds is 15. The summed E-state index contributed by atoms with van der Waals surface area (Å²) in [5.41, 5.74) is 0.886. The van der Waals surface area contributed by atoms with Crippen molar-refractivity contribution in [3.05, 3.63) is 35.9 Å². The smallest absolute Gasteiger partial charge is 0.407 e. The Bertz CT molecular complexity index is 721. The van der Waals surface area contributed by atoms with Gasteiger partial charge >= 0.3 is 24.0 Å². The van der Waals surface area contributed by atoms with Gasteiger partial charge in [0, 0.05) is 6.54 Å². The Balaban J connectivity index is 2.55. The molecule has 0 radical (unpaired) electrons. The molecular weight excluding hydrogens is 432 g/mol. The number of methoxy groups -OCH3 is 1. The quantitative estimate of drug-likeness (QED) is 0.235. The lowest BCUT2D eigenvalue weighted by Crippen LogP contribution is -2.47. The molecule has 0 saturated heterocycles. The number of ether oxygens (including phenoxy) is 4. The van der Waals surface area contributed by atoms with Crippen LogP contribution in [0, 0.1) is 0 Å². The van der Waals surface area contributed by atoms with Crippen LogP contribution in [0.4, 0.5) is 4.79 Å². The highest BCUT2D eigenvalue weighted by molar-refractivity contribution is 5.80. The second-order valence-electron chi connectivity index (χ2n) is 7.04. The molecular formula is C23H34N2O8. The van der Waals surface area contributed by atoms with Gasteiger partial charge in [-0.3, -0.25) is 19.3 Å². The predicted octanol–water partition coefficient (Wildman–Crippen LogP) is 2.05. The Morgan fingerprint density at radius 2 is 1.52 bits per heavy atom. The maximum absolute atomic E-state index is 12.4. The lowest BCUT2D eigenvalue weighted by Gasteiger charge is -2.28. The number of benzene rings is 1. The number of amides is 1. The summed E-state index contributed by atoms with van der Waals surface area (Å²) in [4.78, 5) is 49.6. The van der Waals surface area contributed by atoms with Crippen molar-refractivity contribution in [1.29, 1.82) is 0 Å². The zero-order valence-electron chi connectivity index (χ0n) is 19.5. The number of hydrogen-bond donors (Lipinski definition) is 1. The predicted molar refractivity (Wildman–Crippen MR) is 119 cm³/mol. The lowest BCUT2D eigenvalue weighted by molar-refractivity contribution is -0.154. The van der Waals surface area contributed by atoms with Crippen LogP contribution >= 0.6 is 0 Å². The minimum atomic E-state index is -0.839. The third-order valence-electron chi connectivity index (χ3n) is 4.58. The number of nitrogens with zero attached hydrogens (tertiary/aromatic N) is 1. The molecule has 1 rings (SSSR count). The van der Waals surface area contributed by atoms with E-state index in [9.17, 15) is 19.2 Å². The van der Waals surface area contributed by atoms with Gasteiger partial charge in [0.25, 0.3) is 0 Å². The summed E-state index contributed by atoms with van der Waals surface area (Å²) >= 11 is 0. The van der Waals surface area contributed by atoms with Crippen LogP contribution in [0.15, 0.2) is 30.3 Å². The van der Waals surface area contributed by atoms with E-state index in [0.29, 0.717) is 25.8 Å². The summed E-state index contributed by atoms with van der Waals surface area (Å²) in [6.07, 6.45) is 0.864. The molecule has 1 aromatic carbocycles. The summed E-state index contributed by atoms with van der Waals surface area (Å²) in [5, 5.41) is 2.66. The molecule has 0 saturated carbocycles. The van der Waals surface area contributed by atoms with Gasteiger partial charge in [0.15, 0.2) is 0 Å². The fourth-order valence-electron chi connectivity index (χ4n) is 3.03. The van der Waals surface area contributed by atoms with Crippen LogP contribution < -0.4 is 5.32 Å². The minimum absolute atomic E-state index is 0.174. The molecule has 0 aliphatic heterocycles. The molecule has 1 aromatic rings. The Kier molecular flexibility index (Phi) is 13.9. The van der Waals surface area contributed by atoms with Crippen LogP contribution in [0.2, 0.25) is 0 Å². The van der Waals surface area contributed by atoms with Crippen molar-refractivity contribution in [2.45, 2.75) is 45.8 Å². The van der Waals surface area contributed by atoms with Crippen molar-refractivity contribution in [2.75, 3.05) is 40.0 Å². The van der Waals surface area contributed by atoms with Gasteiger partial charge in [-0.25, -0.2) is 4.79 Å². The van der Waals surface area contributed by atoms with Crippen molar-refractivity contribution in [3.63, 3.8) is 0 Å². The maximum Gasteiger partial charge on any atom is 0.407 e. The molecule has 0 aromatic heterocycles. The first-order chi connectivity index (χ1) is 15.9. The summed E-state index contributed by atoms with van der Waals surface area (Å²) in [7, 11) is 1.24. The first-order valence-electron chi connectivity index (χ1n) is 11.0. The number of alkyl carbamates (subject to hydrolysis) is 1. The summed E-state index contributed by atoms with van der Waals surface area (Å²) in [5.74, 6) is -1.68. The Hall–Kier alpha value is -3.14. The molecule has 10 nitrogen and oxygen atoms in total. The number of unbranched alkanes of at least 4 members (excludes halogenated alkanes) is 1. The number of hydrogen-bond acceptors (Lipinski definition) is 9. The van der Waals surface area contributed by atoms with Crippen LogP contribution in [-0.4, -0.2) is 74.9 Å². The van der Waals surface area contributed by atoms with Gasteiger partial charge in [0.05, 0.1) is 33.4 Å². The Morgan fingerprint density at radius 1 is 0.909 bits per heavy atom. The number of nitrogens with one attached hydrogen (secondary N) is 1. The maximum atomic E-state index is 12.4. The van der Waals surface area contributed by atoms with E-state index in [1.165, 1.54) is 12.0 Å². The topological polar surface area (TPSA) is 120 Å². The van der Waals surface area contributed by atoms with Gasteiger partial charge in [-0.2, -0.15) is 0 Å². The highest BCUT2D eigenvalue weighted by Gasteiger charge is 2.30. The first-order valence-corrected chi connectivity index (χ1v) is 11.0. The molecule has 184 valence electrons. The second-order valence-corrected chi connectivity index (χ2v) is 7.04. The zero-order valence-corrected chi connectivity index (χ0v) is 19.5. The highest BCUT2D eigenvalue weighted by Crippen LogP contribution is 2.12. The molecule has 0 unspecified atom stereocenters. The molecule has 1 amide bonds. The van der Waals surface area contributed by atoms with Gasteiger partial charge in [-0.1, -0.05) is 30.3 Å². The first kappa shape index (κ1) is 27.9. The summed E-state index contributed by atoms with van der Waals surface area (Å²) < 4.78 is 19.9. The fraction of sp³-hybridized carbons (Fsp3) is 0.565. The van der Waals surface area contributed by atoms with Gasteiger partial charge in [-0.15, -0.1) is 0 Å².